The molecule has 12 aromatic rings. The van der Waals surface area contributed by atoms with Crippen LogP contribution in [-0.4, -0.2) is 0 Å². The first-order valence-electron chi connectivity index (χ1n) is 56.2. The van der Waals surface area contributed by atoms with E-state index in [0.717, 1.165) is 103 Å². The van der Waals surface area contributed by atoms with Gasteiger partial charge in [0.25, 0.3) is 0 Å². The molecule has 138 heavy (non-hydrogen) atoms. The maximum atomic E-state index is 2.75. The molecule has 0 N–H and O–H groups in total. The molecule has 0 nitrogen and oxygen atoms in total. The van der Waals surface area contributed by atoms with Gasteiger partial charge in [-0.2, -0.15) is 0 Å². The number of rotatable bonds is 41. The van der Waals surface area contributed by atoms with Crippen molar-refractivity contribution in [1.29, 1.82) is 0 Å². The third kappa shape index (κ3) is 17.0. The Morgan fingerprint density at radius 3 is 0.348 bits per heavy atom. The predicted molar refractivity (Wildman–Crippen MR) is 600 cm³/mol. The van der Waals surface area contributed by atoms with Crippen LogP contribution in [-0.2, 0) is 32.5 Å². The summed E-state index contributed by atoms with van der Waals surface area (Å²) in [7, 11) is 0. The lowest BCUT2D eigenvalue weighted by Gasteiger charge is -2.38. The molecule has 0 radical (unpaired) electrons. The average Bonchev–Trinajstić information content (AvgIpc) is 1.54. The van der Waals surface area contributed by atoms with Crippen molar-refractivity contribution in [3.05, 3.63) is 297 Å². The first kappa shape index (κ1) is 98.8. The average molecular weight is 1830 g/mol. The van der Waals surface area contributed by atoms with Crippen molar-refractivity contribution in [1.82, 2.24) is 0 Å². The van der Waals surface area contributed by atoms with Crippen LogP contribution in [0.1, 0.15) is 387 Å². The quantitative estimate of drug-likeness (QED) is 0.0358. The number of hydrogen-bond donors (Lipinski definition) is 0. The molecule has 0 unspecified atom stereocenters. The summed E-state index contributed by atoms with van der Waals surface area (Å²) in [4.78, 5) is 0. The maximum absolute atomic E-state index is 2.75. The Labute approximate surface area is 837 Å². The fourth-order valence-corrected chi connectivity index (χ4v) is 28.7. The highest BCUT2D eigenvalue weighted by Gasteiger charge is 2.53. The second-order valence-corrected chi connectivity index (χ2v) is 47.8. The van der Waals surface area contributed by atoms with E-state index in [4.69, 9.17) is 0 Å². The lowest BCUT2D eigenvalue weighted by atomic mass is 9.65. The second kappa shape index (κ2) is 39.9. The lowest BCUT2D eigenvalue weighted by Crippen LogP contribution is -2.31. The summed E-state index contributed by atoms with van der Waals surface area (Å²) in [5.74, 6) is 6.76. The molecule has 722 valence electrons. The van der Waals surface area contributed by atoms with Crippen LogP contribution in [0, 0.1) is 71.0 Å². The van der Waals surface area contributed by atoms with Crippen molar-refractivity contribution < 1.29 is 0 Å². The Bertz CT molecular complexity index is 5930. The van der Waals surface area contributed by atoms with Gasteiger partial charge in [-0.15, -0.1) is 0 Å². The molecule has 0 fully saturated rings. The van der Waals surface area contributed by atoms with Gasteiger partial charge in [0.15, 0.2) is 0 Å². The monoisotopic (exact) mass is 1830 g/mol. The Kier molecular flexibility index (Phi) is 28.5. The van der Waals surface area contributed by atoms with E-state index >= 15 is 0 Å². The van der Waals surface area contributed by atoms with Gasteiger partial charge in [0.1, 0.15) is 0 Å². The van der Waals surface area contributed by atoms with Crippen molar-refractivity contribution in [2.24, 2.45) is 71.0 Å². The van der Waals surface area contributed by atoms with Crippen LogP contribution < -0.4 is 0 Å². The molecule has 0 saturated heterocycles. The Morgan fingerprint density at radius 2 is 0.232 bits per heavy atom. The normalized spacial score (nSPS) is 18.1. The van der Waals surface area contributed by atoms with Crippen LogP contribution in [0.5, 0.6) is 0 Å². The van der Waals surface area contributed by atoms with E-state index in [1.807, 2.05) is 0 Å². The van der Waals surface area contributed by atoms with Gasteiger partial charge in [-0.3, -0.25) is 0 Å². The van der Waals surface area contributed by atoms with Crippen LogP contribution in [0.4, 0.5) is 0 Å². The topological polar surface area (TPSA) is 0 Å². The third-order valence-electron chi connectivity index (χ3n) is 38.4. The molecule has 12 aromatic carbocycles. The van der Waals surface area contributed by atoms with E-state index in [-0.39, 0.29) is 32.5 Å². The van der Waals surface area contributed by atoms with Gasteiger partial charge in [-0.05, 0) is 398 Å². The van der Waals surface area contributed by atoms with E-state index in [0.29, 0.717) is 71.0 Å². The Balaban J connectivity index is 0.721. The first-order chi connectivity index (χ1) is 66.5. The van der Waals surface area contributed by atoms with E-state index in [1.165, 1.54) is 174 Å². The van der Waals surface area contributed by atoms with Crippen molar-refractivity contribution >= 4 is 0 Å². The van der Waals surface area contributed by atoms with Crippen LogP contribution >= 0.6 is 0 Å². The van der Waals surface area contributed by atoms with Gasteiger partial charge >= 0.3 is 0 Å². The van der Waals surface area contributed by atoms with Crippen molar-refractivity contribution in [2.45, 2.75) is 353 Å². The predicted octanol–water partition coefficient (Wildman–Crippen LogP) is 40.9. The summed E-state index contributed by atoms with van der Waals surface area (Å²) in [6, 6.07) is 97.1. The molecule has 0 spiro atoms. The second-order valence-electron chi connectivity index (χ2n) is 47.8. The van der Waals surface area contributed by atoms with Crippen molar-refractivity contribution in [2.75, 3.05) is 0 Å². The number of benzene rings is 12. The highest BCUT2D eigenvalue weighted by Crippen LogP contribution is 2.66. The summed E-state index contributed by atoms with van der Waals surface area (Å²) >= 11 is 0. The van der Waals surface area contributed by atoms with Crippen LogP contribution in [0.25, 0.3) is 122 Å². The Morgan fingerprint density at radius 1 is 0.130 bits per heavy atom. The van der Waals surface area contributed by atoms with Crippen LogP contribution in [0.15, 0.2) is 231 Å². The lowest BCUT2D eigenvalue weighted by molar-refractivity contribution is 0.308. The fraction of sp³-hybridized carbons (Fsp3) is 0.478. The van der Waals surface area contributed by atoms with Crippen LogP contribution in [0.3, 0.4) is 0 Å². The summed E-state index contributed by atoms with van der Waals surface area (Å²) in [6.07, 6.45) is 27.8. The SMILES string of the molecule is CC[C@H](C)CC1(C[C@@H](C)CC)c2ccccc2-c2ccc(-c3ccc4c(c3)C(C[C@@H](C)CC)(C[C@@H](C)CC)c3cc(-c5ccc6c(c5)C(C[C@@H](C)CC)(C[C@@H](C)CC)c5cc(-c7ccc8c(c7)C(C[C@@H](C)CC)(C[C@@H](C)CC)c7cc(-c9ccc%10c(c9)C(C[C@@H](C)CC)(C[C@@H](C)CC)c9cc(-c%11ccc%12c(c%11)C(C[C@@H](C)CC)(C[C@@H](C)CC)c%11ccccc%11-%12)ccc9-%10)ccc7-8)ccc5-6)ccc3-4)cc21. The third-order valence-corrected chi connectivity index (χ3v) is 38.4. The van der Waals surface area contributed by atoms with Crippen molar-refractivity contribution in [3.63, 3.8) is 0 Å². The fourth-order valence-electron chi connectivity index (χ4n) is 28.7. The summed E-state index contributed by atoms with van der Waals surface area (Å²) < 4.78 is 0. The molecule has 0 heteroatoms. The van der Waals surface area contributed by atoms with E-state index in [2.05, 4.69) is 397 Å². The van der Waals surface area contributed by atoms with Gasteiger partial charge in [0, 0.05) is 32.5 Å². The van der Waals surface area contributed by atoms with Gasteiger partial charge < -0.3 is 0 Å². The molecule has 12 atom stereocenters. The summed E-state index contributed by atoms with van der Waals surface area (Å²) in [6.45, 7) is 59.6. The Hall–Kier alpha value is -9.36. The molecule has 6 aliphatic carbocycles. The first-order valence-corrected chi connectivity index (χ1v) is 56.2. The van der Waals surface area contributed by atoms with Gasteiger partial charge in [-0.1, -0.05) is 413 Å². The highest BCUT2D eigenvalue weighted by molar-refractivity contribution is 5.94. The molecule has 0 amide bonds. The zero-order valence-electron chi connectivity index (χ0n) is 89.8. The van der Waals surface area contributed by atoms with Crippen molar-refractivity contribution in [3.8, 4) is 122 Å². The molecule has 0 aromatic heterocycles. The zero-order chi connectivity index (χ0) is 97.4. The van der Waals surface area contributed by atoms with E-state index in [1.54, 1.807) is 66.8 Å². The molecular weight excluding hydrogens is 1660 g/mol. The largest absolute Gasteiger partial charge is 0.0651 e. The minimum atomic E-state index is -0.180. The van der Waals surface area contributed by atoms with Gasteiger partial charge in [-0.25, -0.2) is 0 Å². The molecule has 0 heterocycles. The summed E-state index contributed by atoms with van der Waals surface area (Å²) in [5.41, 5.74) is 48.9. The van der Waals surface area contributed by atoms with E-state index in [9.17, 15) is 0 Å². The zero-order valence-corrected chi connectivity index (χ0v) is 89.8. The minimum absolute atomic E-state index is 0.0174. The maximum Gasteiger partial charge on any atom is 0.0220 e. The van der Waals surface area contributed by atoms with Gasteiger partial charge in [0.2, 0.25) is 0 Å². The molecule has 6 aliphatic rings. The minimum Gasteiger partial charge on any atom is -0.0651 e. The molecule has 0 saturated carbocycles. The number of fused-ring (bicyclic) bond motifs is 18. The molecule has 18 rings (SSSR count). The summed E-state index contributed by atoms with van der Waals surface area (Å²) in [5, 5.41) is 0. The molecule has 0 aliphatic heterocycles. The number of hydrogen-bond acceptors (Lipinski definition) is 0. The van der Waals surface area contributed by atoms with Crippen LogP contribution in [0.2, 0.25) is 0 Å². The van der Waals surface area contributed by atoms with E-state index < -0.39 is 0 Å². The van der Waals surface area contributed by atoms with Gasteiger partial charge in [0.05, 0.1) is 0 Å². The smallest absolute Gasteiger partial charge is 0.0220 e. The highest BCUT2D eigenvalue weighted by atomic mass is 14.6. The molecule has 0 bridgehead atoms. The standard InChI is InChI=1S/C138H170/c1-25-87(13)75-133(76-88(14)26-2)121-43-39-37-41-109(121)111-55-45-99(65-123(111)133)101-47-57-113-115-59-49-103(69-127(115)135(125(113)67-101,79-91(17)29-5)80-92(18)30-6)105-51-61-117-119-63-53-107(73-131(119)137(129(117)71-105,83-95(21)33-9)84-96(22)34-10)108-54-64-120-118-62-52-106(72-130(118)138(132(120)74-108,85-97(23)35-11)86-98(24)36-12)104-50-60-116-114-58-48-102(68-126(114)136(128(116)70-104,81-93(19)31-7)82-94(20)32-8)100-46-56-112-110-42-38-40-44-122(110)134(124(112)66-100,77-89(15)27-3)78-90(16)28-4/h37-74,87-98H,25-36,75-86H2,1-24H3/t87-,88-,89-,90-,91-,92-,93-,94-,95-,96-,97-,98-/m0/s1. The molecular formula is C138H170.